The molecule has 4 aromatic rings. The number of aryl methyl sites for hydroxylation is 2. The van der Waals surface area contributed by atoms with Crippen molar-refractivity contribution in [2.75, 3.05) is 18.5 Å². The third kappa shape index (κ3) is 5.19. The van der Waals surface area contributed by atoms with Crippen molar-refractivity contribution in [2.45, 2.75) is 27.2 Å². The lowest BCUT2D eigenvalue weighted by molar-refractivity contribution is -0.123. The zero-order valence-corrected chi connectivity index (χ0v) is 20.2. The zero-order valence-electron chi connectivity index (χ0n) is 20.2. The van der Waals surface area contributed by atoms with Crippen molar-refractivity contribution in [1.82, 2.24) is 24.8 Å². The van der Waals surface area contributed by atoms with E-state index in [0.717, 1.165) is 17.5 Å². The van der Waals surface area contributed by atoms with Crippen LogP contribution in [-0.4, -0.2) is 50.4 Å². The summed E-state index contributed by atoms with van der Waals surface area (Å²) >= 11 is 0. The summed E-state index contributed by atoms with van der Waals surface area (Å²) < 4.78 is 7.06. The van der Waals surface area contributed by atoms with Crippen LogP contribution in [0.1, 0.15) is 45.4 Å². The highest BCUT2D eigenvalue weighted by molar-refractivity contribution is 6.10. The van der Waals surface area contributed by atoms with Gasteiger partial charge in [-0.3, -0.25) is 24.3 Å². The number of nitrogens with one attached hydrogen (secondary N) is 3. The van der Waals surface area contributed by atoms with E-state index in [9.17, 15) is 14.4 Å². The predicted octanol–water partition coefficient (Wildman–Crippen LogP) is 2.62. The first-order valence-electron chi connectivity index (χ1n) is 11.4. The summed E-state index contributed by atoms with van der Waals surface area (Å²) in [4.78, 5) is 48.5. The van der Waals surface area contributed by atoms with Gasteiger partial charge in [-0.25, -0.2) is 9.97 Å². The van der Waals surface area contributed by atoms with Gasteiger partial charge in [-0.05, 0) is 44.0 Å². The van der Waals surface area contributed by atoms with Gasteiger partial charge in [0, 0.05) is 12.6 Å². The number of hydrogen-bond donors (Lipinski definition) is 4. The summed E-state index contributed by atoms with van der Waals surface area (Å²) in [5.41, 5.74) is 9.16. The molecule has 0 saturated carbocycles. The van der Waals surface area contributed by atoms with Crippen LogP contribution in [0, 0.1) is 13.8 Å². The summed E-state index contributed by atoms with van der Waals surface area (Å²) in [6, 6.07) is 10.8. The van der Waals surface area contributed by atoms with E-state index in [1.807, 2.05) is 39.0 Å². The van der Waals surface area contributed by atoms with Crippen molar-refractivity contribution in [3.63, 3.8) is 0 Å². The second-order valence-corrected chi connectivity index (χ2v) is 8.32. The first-order valence-corrected chi connectivity index (χ1v) is 11.4. The van der Waals surface area contributed by atoms with E-state index in [2.05, 4.69) is 25.6 Å². The van der Waals surface area contributed by atoms with Gasteiger partial charge in [0.25, 0.3) is 17.7 Å². The Kier molecular flexibility index (Phi) is 7.00. The molecule has 0 fully saturated rings. The standard InChI is InChI=1S/C25H27N7O4/c1-4-9-27-20(33)12-36-16-6-7-17-18(11-16)30-25(29-17)31-24(35)22-21(23(26)34)28-13-32(22)19-8-5-14(2)10-15(19)3/h5-8,10-11,13H,4,9,12H2,1-3H3,(H2,26,34)(H,27,33)(H2,29,30,31,35). The molecule has 36 heavy (non-hydrogen) atoms. The molecule has 0 saturated heterocycles. The van der Waals surface area contributed by atoms with Crippen LogP contribution in [0.2, 0.25) is 0 Å². The summed E-state index contributed by atoms with van der Waals surface area (Å²) in [6.45, 7) is 6.31. The van der Waals surface area contributed by atoms with Gasteiger partial charge in [0.1, 0.15) is 17.8 Å². The lowest BCUT2D eigenvalue weighted by atomic mass is 10.1. The van der Waals surface area contributed by atoms with Crippen LogP contribution >= 0.6 is 0 Å². The molecule has 0 unspecified atom stereocenters. The van der Waals surface area contributed by atoms with Gasteiger partial charge in [-0.1, -0.05) is 24.6 Å². The Morgan fingerprint density at radius 2 is 1.94 bits per heavy atom. The maximum absolute atomic E-state index is 13.3. The molecule has 2 aromatic heterocycles. The number of amides is 3. The maximum Gasteiger partial charge on any atom is 0.277 e. The van der Waals surface area contributed by atoms with Gasteiger partial charge >= 0.3 is 0 Å². The number of rotatable bonds is 9. The normalized spacial score (nSPS) is 10.9. The van der Waals surface area contributed by atoms with E-state index >= 15 is 0 Å². The molecule has 0 spiro atoms. The highest BCUT2D eigenvalue weighted by Crippen LogP contribution is 2.23. The molecule has 2 aromatic carbocycles. The van der Waals surface area contributed by atoms with E-state index in [1.54, 1.807) is 18.2 Å². The number of ether oxygens (including phenoxy) is 1. The molecule has 5 N–H and O–H groups in total. The molecular weight excluding hydrogens is 462 g/mol. The third-order valence-electron chi connectivity index (χ3n) is 5.46. The molecule has 4 rings (SSSR count). The predicted molar refractivity (Wildman–Crippen MR) is 134 cm³/mol. The van der Waals surface area contributed by atoms with Crippen molar-refractivity contribution in [1.29, 1.82) is 0 Å². The molecular formula is C25H27N7O4. The molecule has 2 heterocycles. The first-order chi connectivity index (χ1) is 17.3. The number of nitrogens with zero attached hydrogens (tertiary/aromatic N) is 3. The second kappa shape index (κ2) is 10.3. The molecule has 0 aliphatic heterocycles. The lowest BCUT2D eigenvalue weighted by Crippen LogP contribution is -2.29. The molecule has 186 valence electrons. The van der Waals surface area contributed by atoms with E-state index in [-0.39, 0.29) is 29.9 Å². The van der Waals surface area contributed by atoms with Crippen molar-refractivity contribution in [2.24, 2.45) is 5.73 Å². The summed E-state index contributed by atoms with van der Waals surface area (Å²) in [7, 11) is 0. The minimum absolute atomic E-state index is 0.00276. The van der Waals surface area contributed by atoms with Gasteiger partial charge in [-0.2, -0.15) is 0 Å². The van der Waals surface area contributed by atoms with Gasteiger partial charge in [0.05, 0.1) is 16.7 Å². The highest BCUT2D eigenvalue weighted by Gasteiger charge is 2.24. The third-order valence-corrected chi connectivity index (χ3v) is 5.46. The molecule has 0 radical (unpaired) electrons. The number of aromatic nitrogens is 4. The molecule has 3 amide bonds. The van der Waals surface area contributed by atoms with Gasteiger partial charge in [0.15, 0.2) is 12.3 Å². The van der Waals surface area contributed by atoms with Crippen molar-refractivity contribution in [3.8, 4) is 11.4 Å². The lowest BCUT2D eigenvalue weighted by Gasteiger charge is -2.12. The fourth-order valence-electron chi connectivity index (χ4n) is 3.77. The maximum atomic E-state index is 13.3. The molecule has 0 aliphatic carbocycles. The molecule has 11 heteroatoms. The summed E-state index contributed by atoms with van der Waals surface area (Å²) in [6.07, 6.45) is 2.23. The van der Waals surface area contributed by atoms with Crippen molar-refractivity contribution in [3.05, 3.63) is 65.2 Å². The number of carbonyl (C=O) groups is 3. The van der Waals surface area contributed by atoms with Gasteiger partial charge < -0.3 is 20.8 Å². The largest absolute Gasteiger partial charge is 0.484 e. The Balaban J connectivity index is 1.57. The van der Waals surface area contributed by atoms with Gasteiger partial charge in [0.2, 0.25) is 5.95 Å². The number of H-pyrrole nitrogens is 1. The van der Waals surface area contributed by atoms with Crippen LogP contribution in [0.5, 0.6) is 5.75 Å². The van der Waals surface area contributed by atoms with Crippen LogP contribution in [0.25, 0.3) is 16.7 Å². The number of benzene rings is 2. The molecule has 11 nitrogen and oxygen atoms in total. The number of carbonyl (C=O) groups excluding carboxylic acids is 3. The van der Waals surface area contributed by atoms with E-state index < -0.39 is 11.8 Å². The van der Waals surface area contributed by atoms with Crippen LogP contribution in [0.15, 0.2) is 42.7 Å². The number of anilines is 1. The van der Waals surface area contributed by atoms with Crippen LogP contribution in [0.3, 0.4) is 0 Å². The SMILES string of the molecule is CCCNC(=O)COc1ccc2[nH]c(NC(=O)c3c(C(N)=O)ncn3-c3ccc(C)cc3C)nc2c1. The van der Waals surface area contributed by atoms with Crippen LogP contribution in [0.4, 0.5) is 5.95 Å². The summed E-state index contributed by atoms with van der Waals surface area (Å²) in [5.74, 6) is -1.01. The van der Waals surface area contributed by atoms with Crippen molar-refractivity contribution < 1.29 is 19.1 Å². The monoisotopic (exact) mass is 489 g/mol. The molecule has 0 aliphatic rings. The van der Waals surface area contributed by atoms with E-state index in [4.69, 9.17) is 10.5 Å². The zero-order chi connectivity index (χ0) is 25.8. The number of nitrogens with two attached hydrogens (primary N) is 1. The Hall–Kier alpha value is -4.67. The minimum Gasteiger partial charge on any atom is -0.484 e. The number of aromatic amines is 1. The van der Waals surface area contributed by atoms with Crippen LogP contribution in [-0.2, 0) is 4.79 Å². The highest BCUT2D eigenvalue weighted by atomic mass is 16.5. The van der Waals surface area contributed by atoms with Gasteiger partial charge in [-0.15, -0.1) is 0 Å². The Morgan fingerprint density at radius 3 is 2.67 bits per heavy atom. The summed E-state index contributed by atoms with van der Waals surface area (Å²) in [5, 5.41) is 5.42. The minimum atomic E-state index is -0.821. The second-order valence-electron chi connectivity index (χ2n) is 8.32. The smallest absolute Gasteiger partial charge is 0.277 e. The van der Waals surface area contributed by atoms with E-state index in [1.165, 1.54) is 10.9 Å². The number of primary amides is 1. The Morgan fingerprint density at radius 1 is 1.14 bits per heavy atom. The molecule has 0 atom stereocenters. The van der Waals surface area contributed by atoms with Crippen LogP contribution < -0.4 is 21.1 Å². The quantitative estimate of drug-likeness (QED) is 0.283. The Labute approximate surface area is 207 Å². The first kappa shape index (κ1) is 24.5. The van der Waals surface area contributed by atoms with E-state index in [0.29, 0.717) is 29.0 Å². The Bertz CT molecular complexity index is 1450. The molecule has 0 bridgehead atoms. The topological polar surface area (TPSA) is 157 Å². The average Bonchev–Trinajstić information content (AvgIpc) is 3.45. The number of fused-ring (bicyclic) bond motifs is 1. The number of hydrogen-bond acceptors (Lipinski definition) is 6. The van der Waals surface area contributed by atoms with Crippen molar-refractivity contribution >= 4 is 34.7 Å². The fourth-order valence-corrected chi connectivity index (χ4v) is 3.77. The number of imidazole rings is 2. The fraction of sp³-hybridized carbons (Fsp3) is 0.240. The average molecular weight is 490 g/mol.